The number of thioether (sulfide) groups is 1. The number of H-pyrrole nitrogens is 2. The van der Waals surface area contributed by atoms with Crippen LogP contribution in [0, 0.1) is 0 Å². The van der Waals surface area contributed by atoms with Crippen LogP contribution in [0.1, 0.15) is 5.69 Å². The molecule has 0 amide bonds. The Morgan fingerprint density at radius 2 is 2.19 bits per heavy atom. The topological polar surface area (TPSA) is 129 Å². The van der Waals surface area contributed by atoms with Crippen molar-refractivity contribution in [1.82, 2.24) is 9.97 Å². The number of carbonyl (C=O) groups is 1. The lowest BCUT2D eigenvalue weighted by Gasteiger charge is -2.05. The summed E-state index contributed by atoms with van der Waals surface area (Å²) in [6.07, 6.45) is 0. The van der Waals surface area contributed by atoms with E-state index in [1.54, 1.807) is 0 Å². The van der Waals surface area contributed by atoms with E-state index in [1.807, 2.05) is 4.98 Å². The molecule has 0 radical (unpaired) electrons. The third-order valence-corrected chi connectivity index (χ3v) is 2.80. The highest BCUT2D eigenvalue weighted by molar-refractivity contribution is 7.98. The predicted octanol–water partition coefficient (Wildman–Crippen LogP) is -1.29. The van der Waals surface area contributed by atoms with Gasteiger partial charge in [-0.15, -0.1) is 0 Å². The molecule has 0 aliphatic carbocycles. The molecule has 0 aliphatic rings. The summed E-state index contributed by atoms with van der Waals surface area (Å²) in [5.41, 5.74) is 4.66. The molecule has 1 aromatic rings. The van der Waals surface area contributed by atoms with E-state index in [0.717, 1.165) is 0 Å². The zero-order valence-electron chi connectivity index (χ0n) is 8.23. The van der Waals surface area contributed by atoms with Crippen molar-refractivity contribution in [3.8, 4) is 0 Å². The van der Waals surface area contributed by atoms with E-state index in [0.29, 0.717) is 11.4 Å². The number of aromatic nitrogens is 2. The maximum absolute atomic E-state index is 10.9. The van der Waals surface area contributed by atoms with Crippen molar-refractivity contribution in [3.05, 3.63) is 32.6 Å². The number of hydrogen-bond acceptors (Lipinski definition) is 5. The molecule has 1 aromatic heterocycles. The maximum atomic E-state index is 10.9. The number of carboxylic acids is 1. The standard InChI is InChI=1S/C8H11N3O4S/c9-5(7(13)14)3-16-2-4-1-6(12)11-8(15)10-4/h1,5H,2-3,9H2,(H,13,14)(H2,10,11,12,15). The lowest BCUT2D eigenvalue weighted by atomic mass is 10.4. The zero-order chi connectivity index (χ0) is 12.1. The van der Waals surface area contributed by atoms with Gasteiger partial charge in [-0.05, 0) is 0 Å². The van der Waals surface area contributed by atoms with Gasteiger partial charge in [0.15, 0.2) is 0 Å². The molecule has 0 aromatic carbocycles. The Balaban J connectivity index is 2.52. The molecule has 8 heteroatoms. The second-order valence-electron chi connectivity index (χ2n) is 3.07. The van der Waals surface area contributed by atoms with Crippen LogP contribution in [-0.2, 0) is 10.5 Å². The van der Waals surface area contributed by atoms with Crippen molar-refractivity contribution in [2.24, 2.45) is 5.73 Å². The van der Waals surface area contributed by atoms with Crippen LogP contribution >= 0.6 is 11.8 Å². The van der Waals surface area contributed by atoms with Crippen molar-refractivity contribution in [2.45, 2.75) is 11.8 Å². The van der Waals surface area contributed by atoms with Gasteiger partial charge >= 0.3 is 11.7 Å². The number of hydrogen-bond donors (Lipinski definition) is 4. The first-order valence-corrected chi connectivity index (χ1v) is 5.53. The van der Waals surface area contributed by atoms with E-state index in [9.17, 15) is 14.4 Å². The summed E-state index contributed by atoms with van der Waals surface area (Å²) in [6, 6.07) is 0.305. The van der Waals surface area contributed by atoms with Crippen LogP contribution < -0.4 is 17.0 Å². The summed E-state index contributed by atoms with van der Waals surface area (Å²) in [6.45, 7) is 0. The normalized spacial score (nSPS) is 12.3. The van der Waals surface area contributed by atoms with E-state index >= 15 is 0 Å². The van der Waals surface area contributed by atoms with Gasteiger partial charge in [0.1, 0.15) is 6.04 Å². The van der Waals surface area contributed by atoms with Gasteiger partial charge in [-0.2, -0.15) is 11.8 Å². The van der Waals surface area contributed by atoms with Crippen LogP contribution in [0.5, 0.6) is 0 Å². The first kappa shape index (κ1) is 12.5. The molecule has 0 aliphatic heterocycles. The number of aromatic amines is 2. The Morgan fingerprint density at radius 1 is 1.50 bits per heavy atom. The Bertz CT molecular complexity index is 452. The molecule has 0 spiro atoms. The molecule has 1 rings (SSSR count). The summed E-state index contributed by atoms with van der Waals surface area (Å²) in [7, 11) is 0. The van der Waals surface area contributed by atoms with Crippen LogP contribution in [0.15, 0.2) is 15.7 Å². The van der Waals surface area contributed by atoms with E-state index in [2.05, 4.69) is 4.98 Å². The average molecular weight is 245 g/mol. The molecule has 0 saturated heterocycles. The second kappa shape index (κ2) is 5.52. The fraction of sp³-hybridized carbons (Fsp3) is 0.375. The highest BCUT2D eigenvalue weighted by Gasteiger charge is 2.10. The molecule has 0 fully saturated rings. The van der Waals surface area contributed by atoms with E-state index in [4.69, 9.17) is 10.8 Å². The molecule has 1 atom stereocenters. The first-order chi connectivity index (χ1) is 7.49. The smallest absolute Gasteiger partial charge is 0.325 e. The van der Waals surface area contributed by atoms with Crippen LogP contribution in [0.4, 0.5) is 0 Å². The van der Waals surface area contributed by atoms with Gasteiger partial charge in [-0.25, -0.2) is 4.79 Å². The molecule has 16 heavy (non-hydrogen) atoms. The Hall–Kier alpha value is -1.54. The SMILES string of the molecule is NC(CSCc1cc(=O)[nH]c(=O)[nH]1)C(=O)O. The molecular weight excluding hydrogens is 234 g/mol. The van der Waals surface area contributed by atoms with Crippen LogP contribution in [0.25, 0.3) is 0 Å². The fourth-order valence-electron chi connectivity index (χ4n) is 0.964. The number of nitrogens with two attached hydrogens (primary N) is 1. The Labute approximate surface area is 94.1 Å². The third-order valence-electron chi connectivity index (χ3n) is 1.69. The summed E-state index contributed by atoms with van der Waals surface area (Å²) in [5, 5.41) is 8.52. The number of rotatable bonds is 5. The largest absolute Gasteiger partial charge is 0.480 e. The van der Waals surface area contributed by atoms with Crippen molar-refractivity contribution < 1.29 is 9.90 Å². The monoisotopic (exact) mass is 245 g/mol. The highest BCUT2D eigenvalue weighted by Crippen LogP contribution is 2.08. The minimum Gasteiger partial charge on any atom is -0.480 e. The maximum Gasteiger partial charge on any atom is 0.325 e. The lowest BCUT2D eigenvalue weighted by molar-refractivity contribution is -0.137. The van der Waals surface area contributed by atoms with Crippen molar-refractivity contribution in [2.75, 3.05) is 5.75 Å². The second-order valence-corrected chi connectivity index (χ2v) is 4.10. The molecule has 0 saturated carbocycles. The molecule has 1 unspecified atom stereocenters. The van der Waals surface area contributed by atoms with Gasteiger partial charge in [0.2, 0.25) is 0 Å². The van der Waals surface area contributed by atoms with Gasteiger partial charge in [0, 0.05) is 23.3 Å². The first-order valence-electron chi connectivity index (χ1n) is 4.37. The van der Waals surface area contributed by atoms with Gasteiger partial charge in [-0.3, -0.25) is 14.6 Å². The van der Waals surface area contributed by atoms with E-state index in [-0.39, 0.29) is 5.75 Å². The minimum atomic E-state index is -1.08. The fourth-order valence-corrected chi connectivity index (χ4v) is 1.85. The van der Waals surface area contributed by atoms with E-state index < -0.39 is 23.3 Å². The van der Waals surface area contributed by atoms with E-state index in [1.165, 1.54) is 17.8 Å². The third kappa shape index (κ3) is 3.91. The van der Waals surface area contributed by atoms with Crippen molar-refractivity contribution >= 4 is 17.7 Å². The molecule has 7 nitrogen and oxygen atoms in total. The lowest BCUT2D eigenvalue weighted by Crippen LogP contribution is -2.32. The average Bonchev–Trinajstić information content (AvgIpc) is 2.15. The number of nitrogens with one attached hydrogen (secondary N) is 2. The predicted molar refractivity (Wildman–Crippen MR) is 59.5 cm³/mol. The summed E-state index contributed by atoms with van der Waals surface area (Å²) < 4.78 is 0. The van der Waals surface area contributed by atoms with Crippen LogP contribution in [0.2, 0.25) is 0 Å². The quantitative estimate of drug-likeness (QED) is 0.510. The molecule has 1 heterocycles. The van der Waals surface area contributed by atoms with Crippen LogP contribution in [0.3, 0.4) is 0 Å². The Kier molecular flexibility index (Phi) is 4.32. The van der Waals surface area contributed by atoms with Gasteiger partial charge < -0.3 is 15.8 Å². The van der Waals surface area contributed by atoms with Gasteiger partial charge in [0.05, 0.1) is 0 Å². The summed E-state index contributed by atoms with van der Waals surface area (Å²) in [4.78, 5) is 36.7. The minimum absolute atomic E-state index is 0.212. The van der Waals surface area contributed by atoms with Crippen molar-refractivity contribution in [3.63, 3.8) is 0 Å². The summed E-state index contributed by atoms with van der Waals surface area (Å²) in [5.74, 6) is -0.531. The number of carboxylic acid groups (broad SMARTS) is 1. The highest BCUT2D eigenvalue weighted by atomic mass is 32.2. The van der Waals surface area contributed by atoms with Gasteiger partial charge in [0.25, 0.3) is 5.56 Å². The number of aliphatic carboxylic acids is 1. The molecular formula is C8H11N3O4S. The Morgan fingerprint density at radius 3 is 2.75 bits per heavy atom. The summed E-state index contributed by atoms with van der Waals surface area (Å²) >= 11 is 1.23. The molecule has 0 bridgehead atoms. The zero-order valence-corrected chi connectivity index (χ0v) is 9.04. The van der Waals surface area contributed by atoms with Crippen LogP contribution in [-0.4, -0.2) is 32.8 Å². The molecule has 88 valence electrons. The van der Waals surface area contributed by atoms with Gasteiger partial charge in [-0.1, -0.05) is 0 Å². The van der Waals surface area contributed by atoms with Crippen molar-refractivity contribution in [1.29, 1.82) is 0 Å². The molecule has 5 N–H and O–H groups in total.